The first-order valence-corrected chi connectivity index (χ1v) is 8.48. The molecule has 0 bridgehead atoms. The maximum Gasteiger partial charge on any atom is 0.224 e. The minimum atomic E-state index is 0. The zero-order valence-corrected chi connectivity index (χ0v) is 14.5. The molecule has 1 N–H and O–H groups in total. The molecule has 24 heavy (non-hydrogen) atoms. The number of carbonyl (C=O) groups is 1. The van der Waals surface area contributed by atoms with Crippen LogP contribution in [0, 0.1) is 0 Å². The smallest absolute Gasteiger partial charge is 0.224 e. The highest BCUT2D eigenvalue weighted by Crippen LogP contribution is 2.32. The summed E-state index contributed by atoms with van der Waals surface area (Å²) >= 11 is 0. The van der Waals surface area contributed by atoms with Gasteiger partial charge < -0.3 is 10.2 Å². The second-order valence-corrected chi connectivity index (χ2v) is 6.56. The molecule has 0 saturated carbocycles. The summed E-state index contributed by atoms with van der Waals surface area (Å²) in [4.78, 5) is 14.8. The van der Waals surface area contributed by atoms with Crippen molar-refractivity contribution in [2.24, 2.45) is 0 Å². The van der Waals surface area contributed by atoms with Crippen molar-refractivity contribution >= 4 is 18.3 Å². The van der Waals surface area contributed by atoms with Gasteiger partial charge in [-0.05, 0) is 41.6 Å². The lowest BCUT2D eigenvalue weighted by molar-refractivity contribution is -0.132. The molecule has 0 aromatic heterocycles. The fourth-order valence-electron chi connectivity index (χ4n) is 3.76. The largest absolute Gasteiger partial charge is 0.334 e. The first kappa shape index (κ1) is 17.0. The van der Waals surface area contributed by atoms with Gasteiger partial charge >= 0.3 is 0 Å². The number of hydrogen-bond donors (Lipinski definition) is 1. The van der Waals surface area contributed by atoms with E-state index in [4.69, 9.17) is 0 Å². The van der Waals surface area contributed by atoms with Crippen LogP contribution in [0.25, 0.3) is 11.1 Å². The van der Waals surface area contributed by atoms with Crippen molar-refractivity contribution in [1.29, 1.82) is 0 Å². The SMILES string of the molecule is Cl.O=C(CC1CCCN1)N1Cc2ccccc2-c2ccccc2C1. The number of carbonyl (C=O) groups excluding carboxylic acids is 1. The first-order chi connectivity index (χ1) is 11.3. The Hall–Kier alpha value is -1.84. The quantitative estimate of drug-likeness (QED) is 0.901. The average Bonchev–Trinajstić information content (AvgIpc) is 3.02. The first-order valence-electron chi connectivity index (χ1n) is 8.48. The van der Waals surface area contributed by atoms with E-state index in [1.54, 1.807) is 0 Å². The summed E-state index contributed by atoms with van der Waals surface area (Å²) in [5.41, 5.74) is 5.00. The molecule has 1 unspecified atom stereocenters. The monoisotopic (exact) mass is 342 g/mol. The molecular weight excluding hydrogens is 320 g/mol. The molecule has 2 heterocycles. The second-order valence-electron chi connectivity index (χ2n) is 6.56. The highest BCUT2D eigenvalue weighted by Gasteiger charge is 2.25. The molecule has 1 saturated heterocycles. The maximum absolute atomic E-state index is 12.8. The molecule has 2 aromatic carbocycles. The van der Waals surface area contributed by atoms with Crippen LogP contribution in [0.5, 0.6) is 0 Å². The minimum absolute atomic E-state index is 0. The van der Waals surface area contributed by atoms with Gasteiger partial charge in [0.05, 0.1) is 0 Å². The Balaban J connectivity index is 0.00000169. The predicted molar refractivity (Wildman–Crippen MR) is 99.0 cm³/mol. The third-order valence-electron chi connectivity index (χ3n) is 4.98. The highest BCUT2D eigenvalue weighted by molar-refractivity contribution is 5.85. The number of hydrogen-bond acceptors (Lipinski definition) is 2. The lowest BCUT2D eigenvalue weighted by Crippen LogP contribution is -2.34. The summed E-state index contributed by atoms with van der Waals surface area (Å²) < 4.78 is 0. The topological polar surface area (TPSA) is 32.3 Å². The van der Waals surface area contributed by atoms with Crippen LogP contribution in [0.3, 0.4) is 0 Å². The Morgan fingerprint density at radius 3 is 2.12 bits per heavy atom. The Morgan fingerprint density at radius 1 is 1.00 bits per heavy atom. The molecule has 0 radical (unpaired) electrons. The van der Waals surface area contributed by atoms with Gasteiger partial charge in [-0.25, -0.2) is 0 Å². The summed E-state index contributed by atoms with van der Waals surface area (Å²) in [6.45, 7) is 2.45. The maximum atomic E-state index is 12.8. The molecule has 2 aromatic rings. The van der Waals surface area contributed by atoms with Crippen LogP contribution in [-0.2, 0) is 17.9 Å². The van der Waals surface area contributed by atoms with Gasteiger partial charge in [0, 0.05) is 25.6 Å². The Morgan fingerprint density at radius 2 is 1.58 bits per heavy atom. The number of fused-ring (bicyclic) bond motifs is 3. The van der Waals surface area contributed by atoms with E-state index in [1.165, 1.54) is 28.7 Å². The number of rotatable bonds is 2. The zero-order valence-electron chi connectivity index (χ0n) is 13.7. The molecule has 1 atom stereocenters. The molecule has 3 nitrogen and oxygen atoms in total. The van der Waals surface area contributed by atoms with Crippen LogP contribution in [0.2, 0.25) is 0 Å². The third kappa shape index (κ3) is 3.33. The molecular formula is C20H23ClN2O. The van der Waals surface area contributed by atoms with Crippen molar-refractivity contribution in [3.63, 3.8) is 0 Å². The molecule has 4 rings (SSSR count). The summed E-state index contributed by atoms with van der Waals surface area (Å²) in [6.07, 6.45) is 2.92. The highest BCUT2D eigenvalue weighted by atomic mass is 35.5. The van der Waals surface area contributed by atoms with E-state index in [0.29, 0.717) is 25.6 Å². The zero-order chi connectivity index (χ0) is 15.6. The van der Waals surface area contributed by atoms with Crippen LogP contribution in [0.15, 0.2) is 48.5 Å². The van der Waals surface area contributed by atoms with Crippen molar-refractivity contribution in [3.05, 3.63) is 59.7 Å². The summed E-state index contributed by atoms with van der Waals surface area (Å²) in [7, 11) is 0. The summed E-state index contributed by atoms with van der Waals surface area (Å²) in [5, 5.41) is 3.43. The minimum Gasteiger partial charge on any atom is -0.334 e. The van der Waals surface area contributed by atoms with E-state index in [-0.39, 0.29) is 18.3 Å². The van der Waals surface area contributed by atoms with Gasteiger partial charge in [-0.1, -0.05) is 48.5 Å². The molecule has 2 aliphatic rings. The van der Waals surface area contributed by atoms with E-state index < -0.39 is 0 Å². The lowest BCUT2D eigenvalue weighted by atomic mass is 9.97. The van der Waals surface area contributed by atoms with E-state index in [9.17, 15) is 4.79 Å². The van der Waals surface area contributed by atoms with Crippen molar-refractivity contribution in [2.75, 3.05) is 6.54 Å². The van der Waals surface area contributed by atoms with Gasteiger partial charge in [-0.3, -0.25) is 4.79 Å². The van der Waals surface area contributed by atoms with E-state index in [2.05, 4.69) is 53.8 Å². The number of benzene rings is 2. The fourth-order valence-corrected chi connectivity index (χ4v) is 3.76. The van der Waals surface area contributed by atoms with E-state index in [0.717, 1.165) is 13.0 Å². The van der Waals surface area contributed by atoms with Gasteiger partial charge in [0.15, 0.2) is 0 Å². The van der Waals surface area contributed by atoms with Crippen LogP contribution in [0.4, 0.5) is 0 Å². The van der Waals surface area contributed by atoms with Crippen LogP contribution in [0.1, 0.15) is 30.4 Å². The molecule has 0 spiro atoms. The fraction of sp³-hybridized carbons (Fsp3) is 0.350. The van der Waals surface area contributed by atoms with Gasteiger partial charge in [-0.2, -0.15) is 0 Å². The average molecular weight is 343 g/mol. The molecule has 126 valence electrons. The van der Waals surface area contributed by atoms with E-state index in [1.807, 2.05) is 4.90 Å². The Bertz CT molecular complexity index is 678. The van der Waals surface area contributed by atoms with Gasteiger partial charge in [-0.15, -0.1) is 12.4 Å². The second kappa shape index (κ2) is 7.37. The van der Waals surface area contributed by atoms with Crippen LogP contribution in [-0.4, -0.2) is 23.4 Å². The van der Waals surface area contributed by atoms with Crippen molar-refractivity contribution < 1.29 is 4.79 Å². The Labute approximate surface area is 149 Å². The molecule has 0 aliphatic carbocycles. The van der Waals surface area contributed by atoms with Crippen molar-refractivity contribution in [1.82, 2.24) is 10.2 Å². The normalized spacial score (nSPS) is 19.0. The van der Waals surface area contributed by atoms with Crippen LogP contribution < -0.4 is 5.32 Å². The van der Waals surface area contributed by atoms with Crippen molar-refractivity contribution in [2.45, 2.75) is 38.4 Å². The van der Waals surface area contributed by atoms with Crippen molar-refractivity contribution in [3.8, 4) is 11.1 Å². The lowest BCUT2D eigenvalue weighted by Gasteiger charge is -2.23. The number of nitrogens with zero attached hydrogens (tertiary/aromatic N) is 1. The summed E-state index contributed by atoms with van der Waals surface area (Å²) in [6, 6.07) is 17.3. The number of nitrogens with one attached hydrogen (secondary N) is 1. The molecule has 1 fully saturated rings. The number of amides is 1. The third-order valence-corrected chi connectivity index (χ3v) is 4.98. The standard InChI is InChI=1S/C20H22N2O.ClH/c23-20(12-17-8-5-11-21-17)22-13-15-6-1-3-9-18(15)19-10-4-2-7-16(19)14-22;/h1-4,6-7,9-10,17,21H,5,8,11-14H2;1H. The number of halogens is 1. The van der Waals surface area contributed by atoms with Crippen LogP contribution >= 0.6 is 12.4 Å². The predicted octanol–water partition coefficient (Wildman–Crippen LogP) is 3.76. The molecule has 2 aliphatic heterocycles. The Kier molecular flexibility index (Phi) is 5.22. The summed E-state index contributed by atoms with van der Waals surface area (Å²) in [5.74, 6) is 0.260. The van der Waals surface area contributed by atoms with Gasteiger partial charge in [0.25, 0.3) is 0 Å². The van der Waals surface area contributed by atoms with E-state index >= 15 is 0 Å². The van der Waals surface area contributed by atoms with Gasteiger partial charge in [0.1, 0.15) is 0 Å². The van der Waals surface area contributed by atoms with Gasteiger partial charge in [0.2, 0.25) is 5.91 Å². The molecule has 4 heteroatoms. The molecule has 1 amide bonds.